The van der Waals surface area contributed by atoms with Gasteiger partial charge in [0, 0.05) is 45.5 Å². The van der Waals surface area contributed by atoms with Gasteiger partial charge in [-0.3, -0.25) is 0 Å². The monoisotopic (exact) mass is 1110 g/mol. The van der Waals surface area contributed by atoms with Crippen molar-refractivity contribution < 1.29 is 0 Å². The average Bonchev–Trinajstić information content (AvgIpc) is 1.00. The smallest absolute Gasteiger partial charge is 0.252 e. The molecule has 0 amide bonds. The molecule has 0 bridgehead atoms. The summed E-state index contributed by atoms with van der Waals surface area (Å²) in [5.74, 6) is 0. The van der Waals surface area contributed by atoms with Crippen LogP contribution in [0.1, 0.15) is 245 Å². The highest BCUT2D eigenvalue weighted by molar-refractivity contribution is 7.00. The third-order valence-electron chi connectivity index (χ3n) is 22.1. The van der Waals surface area contributed by atoms with Crippen LogP contribution in [0, 0.1) is 13.8 Å². The molecule has 0 radical (unpaired) electrons. The summed E-state index contributed by atoms with van der Waals surface area (Å²) in [5, 5.41) is 0. The van der Waals surface area contributed by atoms with Crippen LogP contribution >= 0.6 is 0 Å². The van der Waals surface area contributed by atoms with Gasteiger partial charge >= 0.3 is 0 Å². The first kappa shape index (κ1) is 57.1. The number of aryl methyl sites for hydroxylation is 2. The topological polar surface area (TPSA) is 9.72 Å². The summed E-state index contributed by atoms with van der Waals surface area (Å²) < 4.78 is 0. The molecule has 0 spiro atoms. The van der Waals surface area contributed by atoms with E-state index in [2.05, 4.69) is 290 Å². The zero-order valence-corrected chi connectivity index (χ0v) is 56.1. The molecule has 7 aromatic carbocycles. The highest BCUT2D eigenvalue weighted by Crippen LogP contribution is 2.59. The minimum atomic E-state index is -0.0279. The van der Waals surface area contributed by atoms with Crippen molar-refractivity contribution in [1.29, 1.82) is 0 Å². The second-order valence-electron chi connectivity index (χ2n) is 35.0. The van der Waals surface area contributed by atoms with Gasteiger partial charge < -0.3 is 14.7 Å². The Kier molecular flexibility index (Phi) is 11.8. The summed E-state index contributed by atoms with van der Waals surface area (Å²) in [4.78, 5) is 8.17. The first-order chi connectivity index (χ1) is 38.6. The Hall–Kier alpha value is -6.00. The SMILES string of the molecule is Cc1cc(C(C)(C)C)ccc1N(c1cc2c3c(c1)N(c1ccc4c(c1)C(C)(C)CC4(C)C)c1cc4c(cc1B3c1cc3c(cc1N2c1ccc2c(c1)C(C)(C)CC2(C)C)C(C)(C)CC3(C)C)C(C)(C)CC4(C)C)c1ccc(C(C)(C)C)cc1C. The first-order valence-electron chi connectivity index (χ1n) is 32.1. The molecule has 0 saturated carbocycles. The molecule has 6 aliphatic rings. The van der Waals surface area contributed by atoms with Crippen LogP contribution in [0.25, 0.3) is 0 Å². The van der Waals surface area contributed by atoms with Crippen LogP contribution in [-0.2, 0) is 54.1 Å². The van der Waals surface area contributed by atoms with Crippen LogP contribution in [0.5, 0.6) is 0 Å². The summed E-state index contributed by atoms with van der Waals surface area (Å²) in [6.07, 6.45) is 4.45. The van der Waals surface area contributed by atoms with Crippen molar-refractivity contribution in [2.75, 3.05) is 14.7 Å². The Morgan fingerprint density at radius 1 is 0.345 bits per heavy atom. The molecule has 436 valence electrons. The molecule has 2 aliphatic heterocycles. The van der Waals surface area contributed by atoms with Crippen LogP contribution in [0.3, 0.4) is 0 Å². The van der Waals surface area contributed by atoms with E-state index in [0.29, 0.717) is 0 Å². The zero-order valence-electron chi connectivity index (χ0n) is 56.1. The molecule has 4 aliphatic carbocycles. The predicted molar refractivity (Wildman–Crippen MR) is 365 cm³/mol. The molecule has 2 heterocycles. The molecule has 0 N–H and O–H groups in total. The Bertz CT molecular complexity index is 3730. The fourth-order valence-electron chi connectivity index (χ4n) is 19.0. The van der Waals surface area contributed by atoms with Gasteiger partial charge in [0.15, 0.2) is 0 Å². The largest absolute Gasteiger partial charge is 0.311 e. The molecule has 0 atom stereocenters. The van der Waals surface area contributed by atoms with Crippen molar-refractivity contribution in [3.63, 3.8) is 0 Å². The first-order valence-corrected chi connectivity index (χ1v) is 32.1. The molecule has 0 unspecified atom stereocenters. The summed E-state index contributed by atoms with van der Waals surface area (Å²) in [5.41, 5.74) is 32.8. The molecular formula is C80H98BN3. The summed E-state index contributed by atoms with van der Waals surface area (Å²) in [6, 6.07) is 45.9. The van der Waals surface area contributed by atoms with E-state index in [4.69, 9.17) is 0 Å². The summed E-state index contributed by atoms with van der Waals surface area (Å²) in [7, 11) is 0. The van der Waals surface area contributed by atoms with E-state index >= 15 is 0 Å². The second kappa shape index (κ2) is 17.4. The van der Waals surface area contributed by atoms with Crippen LogP contribution in [0.4, 0.5) is 51.2 Å². The molecule has 84 heavy (non-hydrogen) atoms. The molecule has 7 aromatic rings. The van der Waals surface area contributed by atoms with Crippen molar-refractivity contribution in [2.24, 2.45) is 0 Å². The maximum atomic E-state index is 2.76. The van der Waals surface area contributed by atoms with Gasteiger partial charge in [-0.15, -0.1) is 0 Å². The van der Waals surface area contributed by atoms with Crippen LogP contribution < -0.4 is 31.1 Å². The van der Waals surface area contributed by atoms with Gasteiger partial charge in [0.2, 0.25) is 0 Å². The lowest BCUT2D eigenvalue weighted by molar-refractivity contribution is 0.402. The third kappa shape index (κ3) is 8.37. The van der Waals surface area contributed by atoms with E-state index < -0.39 is 0 Å². The number of hydrogen-bond acceptors (Lipinski definition) is 3. The molecule has 0 fully saturated rings. The van der Waals surface area contributed by atoms with E-state index in [1.807, 2.05) is 0 Å². The van der Waals surface area contributed by atoms with Gasteiger partial charge in [0.05, 0.1) is 5.69 Å². The quantitative estimate of drug-likeness (QED) is 0.159. The van der Waals surface area contributed by atoms with Crippen molar-refractivity contribution in [3.8, 4) is 0 Å². The highest BCUT2D eigenvalue weighted by atomic mass is 15.2. The van der Waals surface area contributed by atoms with Gasteiger partial charge in [-0.2, -0.15) is 0 Å². The zero-order chi connectivity index (χ0) is 60.7. The maximum Gasteiger partial charge on any atom is 0.252 e. The molecule has 0 aromatic heterocycles. The van der Waals surface area contributed by atoms with E-state index in [1.165, 1.54) is 129 Å². The average molecular weight is 1110 g/mol. The molecule has 3 nitrogen and oxygen atoms in total. The van der Waals surface area contributed by atoms with Crippen molar-refractivity contribution >= 4 is 74.3 Å². The van der Waals surface area contributed by atoms with Crippen molar-refractivity contribution in [2.45, 2.75) is 246 Å². The molecule has 0 saturated heterocycles. The van der Waals surface area contributed by atoms with Gasteiger partial charge in [-0.25, -0.2) is 0 Å². The Morgan fingerprint density at radius 3 is 0.976 bits per heavy atom. The lowest BCUT2D eigenvalue weighted by Crippen LogP contribution is -2.62. The number of benzene rings is 7. The second-order valence-corrected chi connectivity index (χ2v) is 35.0. The van der Waals surface area contributed by atoms with E-state index in [1.54, 1.807) is 0 Å². The Balaban J connectivity index is 1.21. The number of rotatable bonds is 5. The molecular weight excluding hydrogens is 1010 g/mol. The molecule has 4 heteroatoms. The highest BCUT2D eigenvalue weighted by Gasteiger charge is 2.52. The standard InChI is InChI=1S/C80H98BN3/c1-47-33-49(71(3,4)5)25-31-64(47)84(65-32-26-50(34-48(65)2)72(6,7)8)53-37-68-70-69(38-53)83(52-28-30-55-57(36-52)76(15,16)44-74(55,11)12)67-42-61-59(78(19,20)46-80(61,23)24)40-63(67)81(70)62-39-58-60(79(21,22)45-77(58,17)18)41-66(62)82(68)51-27-29-54-56(35-51)75(13,14)43-73(54,9)10/h25-42H,43-46H2,1-24H3. The minimum Gasteiger partial charge on any atom is -0.311 e. The van der Waals surface area contributed by atoms with Crippen LogP contribution in [0.2, 0.25) is 0 Å². The summed E-state index contributed by atoms with van der Waals surface area (Å²) >= 11 is 0. The fraction of sp³-hybridized carbons (Fsp3) is 0.475. The van der Waals surface area contributed by atoms with Gasteiger partial charge in [-0.1, -0.05) is 201 Å². The normalized spacial score (nSPS) is 20.6. The number of fused-ring (bicyclic) bond motifs is 8. The minimum absolute atomic E-state index is 0.00161. The van der Waals surface area contributed by atoms with Crippen LogP contribution in [0.15, 0.2) is 109 Å². The summed E-state index contributed by atoms with van der Waals surface area (Å²) in [6.45, 7) is 58.5. The number of anilines is 9. The van der Waals surface area contributed by atoms with Crippen molar-refractivity contribution in [1.82, 2.24) is 0 Å². The lowest BCUT2D eigenvalue weighted by atomic mass is 9.33. The number of hydrogen-bond donors (Lipinski definition) is 0. The third-order valence-corrected chi connectivity index (χ3v) is 22.1. The van der Waals surface area contributed by atoms with E-state index in [9.17, 15) is 0 Å². The predicted octanol–water partition coefficient (Wildman–Crippen LogP) is 20.3. The van der Waals surface area contributed by atoms with Gasteiger partial charge in [-0.05, 0) is 237 Å². The van der Waals surface area contributed by atoms with Crippen molar-refractivity contribution in [3.05, 3.63) is 176 Å². The Labute approximate surface area is 508 Å². The van der Waals surface area contributed by atoms with Crippen LogP contribution in [-0.4, -0.2) is 6.71 Å². The van der Waals surface area contributed by atoms with Gasteiger partial charge in [0.1, 0.15) is 0 Å². The maximum absolute atomic E-state index is 2.76. The van der Waals surface area contributed by atoms with E-state index in [-0.39, 0.29) is 60.9 Å². The molecule has 13 rings (SSSR count). The lowest BCUT2D eigenvalue weighted by Gasteiger charge is -2.46. The van der Waals surface area contributed by atoms with E-state index in [0.717, 1.165) is 31.4 Å². The number of nitrogens with zero attached hydrogens (tertiary/aromatic N) is 3. The fourth-order valence-corrected chi connectivity index (χ4v) is 19.0. The Morgan fingerprint density at radius 2 is 0.655 bits per heavy atom. The van der Waals surface area contributed by atoms with Gasteiger partial charge in [0.25, 0.3) is 6.71 Å².